The Balaban J connectivity index is 1.92. The van der Waals surface area contributed by atoms with Gasteiger partial charge >= 0.3 is 0 Å². The molecule has 0 aliphatic rings. The molecular weight excluding hydrogens is 276 g/mol. The van der Waals surface area contributed by atoms with Crippen LogP contribution in [0.3, 0.4) is 0 Å². The van der Waals surface area contributed by atoms with Crippen LogP contribution in [0.1, 0.15) is 11.1 Å². The number of carbonyl (C=O) groups excluding carboxylic acids is 1. The van der Waals surface area contributed by atoms with E-state index in [4.69, 9.17) is 0 Å². The minimum absolute atomic E-state index is 0.465. The van der Waals surface area contributed by atoms with Crippen molar-refractivity contribution in [3.05, 3.63) is 66.1 Å². The zero-order valence-electron chi connectivity index (χ0n) is 11.9. The molecule has 2 heterocycles. The molecule has 22 heavy (non-hydrogen) atoms. The second kappa shape index (κ2) is 6.13. The number of anilines is 2. The first-order chi connectivity index (χ1) is 10.8. The Kier molecular flexibility index (Phi) is 3.87. The Labute approximate surface area is 128 Å². The van der Waals surface area contributed by atoms with E-state index in [0.717, 1.165) is 22.5 Å². The highest BCUT2D eigenvalue weighted by Crippen LogP contribution is 2.21. The van der Waals surface area contributed by atoms with Gasteiger partial charge in [0.15, 0.2) is 0 Å². The lowest BCUT2D eigenvalue weighted by Gasteiger charge is -2.09. The summed E-state index contributed by atoms with van der Waals surface area (Å²) < 4.78 is 0. The van der Waals surface area contributed by atoms with Crippen LogP contribution >= 0.6 is 0 Å². The smallest absolute Gasteiger partial charge is 0.233 e. The monoisotopic (exact) mass is 289 g/mol. The molecule has 0 aliphatic heterocycles. The van der Waals surface area contributed by atoms with Crippen LogP contribution in [-0.2, 0) is 4.79 Å². The molecule has 5 heteroatoms. The van der Waals surface area contributed by atoms with Gasteiger partial charge in [0, 0.05) is 35.4 Å². The number of nitrogens with one attached hydrogen (secondary N) is 1. The maximum Gasteiger partial charge on any atom is 0.233 e. The van der Waals surface area contributed by atoms with E-state index in [-0.39, 0.29) is 0 Å². The van der Waals surface area contributed by atoms with Gasteiger partial charge in [-0.25, -0.2) is 9.97 Å². The first-order valence-corrected chi connectivity index (χ1v) is 6.75. The van der Waals surface area contributed by atoms with E-state index in [1.165, 1.54) is 0 Å². The Morgan fingerprint density at radius 1 is 1.14 bits per heavy atom. The average Bonchev–Trinajstić information content (AvgIpc) is 2.58. The molecule has 3 aromatic rings. The SMILES string of the molecule is Cc1ccc([C]=O)cc1Nc1nccc(-c2cccnc2)n1. The van der Waals surface area contributed by atoms with E-state index < -0.39 is 0 Å². The summed E-state index contributed by atoms with van der Waals surface area (Å²) in [5.41, 5.74) is 3.95. The predicted molar refractivity (Wildman–Crippen MR) is 84.5 cm³/mol. The quantitative estimate of drug-likeness (QED) is 0.799. The van der Waals surface area contributed by atoms with E-state index >= 15 is 0 Å². The lowest BCUT2D eigenvalue weighted by molar-refractivity contribution is 0.563. The number of hydrogen-bond acceptors (Lipinski definition) is 5. The number of aryl methyl sites for hydroxylation is 1. The zero-order chi connectivity index (χ0) is 15.4. The number of pyridine rings is 1. The van der Waals surface area contributed by atoms with Gasteiger partial charge in [-0.15, -0.1) is 0 Å². The Bertz CT molecular complexity index is 803. The van der Waals surface area contributed by atoms with Gasteiger partial charge in [-0.3, -0.25) is 9.78 Å². The summed E-state index contributed by atoms with van der Waals surface area (Å²) in [5, 5.41) is 3.14. The summed E-state index contributed by atoms with van der Waals surface area (Å²) in [6, 6.07) is 10.9. The van der Waals surface area contributed by atoms with Crippen molar-refractivity contribution in [3.8, 4) is 11.3 Å². The zero-order valence-corrected chi connectivity index (χ0v) is 11.9. The Hall–Kier alpha value is -3.08. The maximum atomic E-state index is 10.8. The third-order valence-electron chi connectivity index (χ3n) is 3.21. The van der Waals surface area contributed by atoms with Gasteiger partial charge in [-0.1, -0.05) is 12.1 Å². The first-order valence-electron chi connectivity index (χ1n) is 6.75. The van der Waals surface area contributed by atoms with Crippen molar-refractivity contribution in [1.29, 1.82) is 0 Å². The van der Waals surface area contributed by atoms with Crippen molar-refractivity contribution in [1.82, 2.24) is 15.0 Å². The van der Waals surface area contributed by atoms with Gasteiger partial charge in [0.1, 0.15) is 0 Å². The number of hydrogen-bond donors (Lipinski definition) is 1. The van der Waals surface area contributed by atoms with Crippen molar-refractivity contribution in [2.24, 2.45) is 0 Å². The van der Waals surface area contributed by atoms with Crippen LogP contribution in [0.5, 0.6) is 0 Å². The van der Waals surface area contributed by atoms with Crippen molar-refractivity contribution >= 4 is 17.9 Å². The topological polar surface area (TPSA) is 67.8 Å². The van der Waals surface area contributed by atoms with Crippen LogP contribution in [0.25, 0.3) is 11.3 Å². The number of nitrogens with zero attached hydrogens (tertiary/aromatic N) is 3. The Morgan fingerprint density at radius 2 is 2.05 bits per heavy atom. The van der Waals surface area contributed by atoms with Crippen molar-refractivity contribution in [3.63, 3.8) is 0 Å². The van der Waals surface area contributed by atoms with E-state index in [2.05, 4.69) is 20.3 Å². The number of benzene rings is 1. The molecule has 0 unspecified atom stereocenters. The van der Waals surface area contributed by atoms with Crippen LogP contribution in [0.4, 0.5) is 11.6 Å². The normalized spacial score (nSPS) is 10.2. The lowest BCUT2D eigenvalue weighted by Crippen LogP contribution is -2.00. The van der Waals surface area contributed by atoms with Crippen molar-refractivity contribution in [2.75, 3.05) is 5.32 Å². The van der Waals surface area contributed by atoms with Crippen molar-refractivity contribution < 1.29 is 4.79 Å². The van der Waals surface area contributed by atoms with E-state index in [1.807, 2.05) is 37.5 Å². The van der Waals surface area contributed by atoms with Crippen LogP contribution in [-0.4, -0.2) is 21.2 Å². The predicted octanol–water partition coefficient (Wildman–Crippen LogP) is 3.05. The van der Waals surface area contributed by atoms with Crippen LogP contribution in [0, 0.1) is 6.92 Å². The summed E-state index contributed by atoms with van der Waals surface area (Å²) in [6.45, 7) is 1.95. The molecule has 0 amide bonds. The van der Waals surface area contributed by atoms with E-state index in [1.54, 1.807) is 30.7 Å². The molecule has 5 nitrogen and oxygen atoms in total. The van der Waals surface area contributed by atoms with Crippen LogP contribution in [0.2, 0.25) is 0 Å². The molecule has 0 spiro atoms. The van der Waals surface area contributed by atoms with Crippen LogP contribution in [0.15, 0.2) is 55.0 Å². The number of aromatic nitrogens is 3. The third kappa shape index (κ3) is 2.98. The average molecular weight is 289 g/mol. The standard InChI is InChI=1S/C17H13N4O/c1-12-4-5-13(11-22)9-16(12)21-17-19-8-6-15(20-17)14-3-2-7-18-10-14/h2-10H,1H3,(H,19,20,21). The Morgan fingerprint density at radius 3 is 2.82 bits per heavy atom. The van der Waals surface area contributed by atoms with Gasteiger partial charge in [0.05, 0.1) is 5.69 Å². The van der Waals surface area contributed by atoms with Gasteiger partial charge in [0.25, 0.3) is 0 Å². The van der Waals surface area contributed by atoms with Gasteiger partial charge in [-0.05, 0) is 36.8 Å². The third-order valence-corrected chi connectivity index (χ3v) is 3.21. The summed E-state index contributed by atoms with van der Waals surface area (Å²) in [7, 11) is 0. The molecule has 2 aromatic heterocycles. The molecule has 0 fully saturated rings. The summed E-state index contributed by atoms with van der Waals surface area (Å²) >= 11 is 0. The van der Waals surface area contributed by atoms with Crippen LogP contribution < -0.4 is 5.32 Å². The minimum atomic E-state index is 0.465. The molecule has 1 aromatic carbocycles. The number of rotatable bonds is 4. The second-order valence-electron chi connectivity index (χ2n) is 4.76. The van der Waals surface area contributed by atoms with E-state index in [0.29, 0.717) is 11.5 Å². The molecule has 1 radical (unpaired) electrons. The van der Waals surface area contributed by atoms with Gasteiger partial charge in [0.2, 0.25) is 12.2 Å². The fourth-order valence-electron chi connectivity index (χ4n) is 2.03. The molecular formula is C17H13N4O. The first kappa shape index (κ1) is 13.9. The molecule has 0 saturated heterocycles. The summed E-state index contributed by atoms with van der Waals surface area (Å²) in [4.78, 5) is 23.5. The molecule has 0 saturated carbocycles. The maximum absolute atomic E-state index is 10.8. The molecule has 0 aliphatic carbocycles. The largest absolute Gasteiger partial charge is 0.324 e. The molecule has 107 valence electrons. The van der Waals surface area contributed by atoms with Crippen molar-refractivity contribution in [2.45, 2.75) is 6.92 Å². The summed E-state index contributed by atoms with van der Waals surface area (Å²) in [6.07, 6.45) is 7.03. The molecule has 0 bridgehead atoms. The molecule has 1 N–H and O–H groups in total. The van der Waals surface area contributed by atoms with Gasteiger partial charge < -0.3 is 5.32 Å². The molecule has 3 rings (SSSR count). The van der Waals surface area contributed by atoms with Gasteiger partial charge in [-0.2, -0.15) is 0 Å². The molecule has 0 atom stereocenters. The summed E-state index contributed by atoms with van der Waals surface area (Å²) in [5.74, 6) is 0.465. The highest BCUT2D eigenvalue weighted by Gasteiger charge is 2.05. The lowest BCUT2D eigenvalue weighted by atomic mass is 10.1. The fourth-order valence-corrected chi connectivity index (χ4v) is 2.03. The highest BCUT2D eigenvalue weighted by molar-refractivity contribution is 5.79. The van der Waals surface area contributed by atoms with E-state index in [9.17, 15) is 4.79 Å². The highest BCUT2D eigenvalue weighted by atomic mass is 16.1. The minimum Gasteiger partial charge on any atom is -0.324 e. The second-order valence-corrected chi connectivity index (χ2v) is 4.76. The fraction of sp³-hybridized carbons (Fsp3) is 0.0588.